The maximum Gasteiger partial charge on any atom is 0.384 e. The first kappa shape index (κ1) is 24.0. The summed E-state index contributed by atoms with van der Waals surface area (Å²) in [4.78, 5) is 0. The second-order valence-corrected chi connectivity index (χ2v) is 4.67. The first-order chi connectivity index (χ1) is 10.8. The maximum absolute atomic E-state index is 13.1. The molecular weight excluding hydrogens is 402 g/mol. The monoisotopic (exact) mass is 410 g/mol. The van der Waals surface area contributed by atoms with Crippen LogP contribution < -0.4 is 0 Å². The molecule has 15 heteroatoms. The summed E-state index contributed by atoms with van der Waals surface area (Å²) >= 11 is 0. The van der Waals surface area contributed by atoms with Gasteiger partial charge < -0.3 is 4.74 Å². The minimum atomic E-state index is -7.97. The number of methoxy groups -OCH3 is 1. The molecule has 0 spiro atoms. The van der Waals surface area contributed by atoms with Crippen LogP contribution in [0.15, 0.2) is 0 Å². The van der Waals surface area contributed by atoms with Crippen molar-refractivity contribution < 1.29 is 66.2 Å². The van der Waals surface area contributed by atoms with Crippen molar-refractivity contribution in [3.05, 3.63) is 0 Å². The van der Waals surface area contributed by atoms with Crippen LogP contribution in [0.2, 0.25) is 0 Å². The average molecular weight is 410 g/mol. The number of alkyl halides is 14. The second kappa shape index (κ2) is 6.61. The van der Waals surface area contributed by atoms with Crippen molar-refractivity contribution in [2.24, 2.45) is 0 Å². The van der Waals surface area contributed by atoms with Crippen LogP contribution >= 0.6 is 0 Å². The van der Waals surface area contributed by atoms with Crippen molar-refractivity contribution in [3.63, 3.8) is 0 Å². The molecule has 0 N–H and O–H groups in total. The molecule has 0 heterocycles. The van der Waals surface area contributed by atoms with Crippen LogP contribution in [0.25, 0.3) is 0 Å². The average Bonchev–Trinajstić information content (AvgIpc) is 2.43. The Morgan fingerprint density at radius 3 is 1.32 bits per heavy atom. The smallest absolute Gasteiger partial charge is 0.384 e. The van der Waals surface area contributed by atoms with E-state index in [2.05, 4.69) is 4.74 Å². The van der Waals surface area contributed by atoms with Crippen LogP contribution in [0.1, 0.15) is 6.42 Å². The fourth-order valence-corrected chi connectivity index (χ4v) is 1.36. The zero-order valence-corrected chi connectivity index (χ0v) is 11.7. The molecule has 0 bridgehead atoms. The second-order valence-electron chi connectivity index (χ2n) is 4.67. The number of ether oxygens (including phenoxy) is 1. The van der Waals surface area contributed by atoms with Gasteiger partial charge in [0.15, 0.2) is 0 Å². The summed E-state index contributed by atoms with van der Waals surface area (Å²) in [5.41, 5.74) is 0. The third-order valence-electron chi connectivity index (χ3n) is 2.96. The van der Waals surface area contributed by atoms with Gasteiger partial charge in [0.05, 0.1) is 6.61 Å². The Hall–Kier alpha value is -1.02. The molecule has 0 amide bonds. The van der Waals surface area contributed by atoms with Gasteiger partial charge in [-0.3, -0.25) is 0 Å². The zero-order chi connectivity index (χ0) is 20.7. The fraction of sp³-hybridized carbons (Fsp3) is 1.00. The molecular formula is C10H8F14O. The molecule has 0 rings (SSSR count). The number of rotatable bonds is 9. The highest BCUT2D eigenvalue weighted by atomic mass is 19.4. The van der Waals surface area contributed by atoms with Gasteiger partial charge in [0, 0.05) is 13.5 Å². The summed E-state index contributed by atoms with van der Waals surface area (Å²) in [6.07, 6.45) is -8.08. The largest absolute Gasteiger partial charge is 0.384 e. The molecule has 0 aliphatic rings. The summed E-state index contributed by atoms with van der Waals surface area (Å²) in [6.45, 7) is -1.44. The Morgan fingerprint density at radius 1 is 0.640 bits per heavy atom. The van der Waals surface area contributed by atoms with E-state index in [1.165, 1.54) is 0 Å². The lowest BCUT2D eigenvalue weighted by Crippen LogP contribution is -2.71. The number of hydrogen-bond acceptors (Lipinski definition) is 1. The van der Waals surface area contributed by atoms with Crippen LogP contribution in [-0.2, 0) is 4.74 Å². The van der Waals surface area contributed by atoms with Gasteiger partial charge in [0.1, 0.15) is 0 Å². The quantitative estimate of drug-likeness (QED) is 0.481. The molecule has 0 unspecified atom stereocenters. The minimum Gasteiger partial charge on any atom is -0.384 e. The summed E-state index contributed by atoms with van der Waals surface area (Å²) in [7, 11) is 0.596. The Kier molecular flexibility index (Phi) is 6.34. The molecule has 0 saturated carbocycles. The lowest BCUT2D eigenvalue weighted by molar-refractivity contribution is -0.433. The molecule has 1 nitrogen and oxygen atoms in total. The maximum atomic E-state index is 13.1. The van der Waals surface area contributed by atoms with Crippen molar-refractivity contribution in [3.8, 4) is 0 Å². The highest BCUT2D eigenvalue weighted by Gasteiger charge is 2.90. The normalized spacial score (nSPS) is 15.8. The third-order valence-corrected chi connectivity index (χ3v) is 2.96. The molecule has 0 atom stereocenters. The SMILES string of the molecule is COCCC(F)(F)C(F)(F)C(F)(F)C(F)(F)C(F)(F)C(F)(F)C(F)F. The standard InChI is InChI=1S/C10H8F14O/c1-25-3-2-5(13,14)7(17,18)9(21,22)10(23,24)8(19,20)6(15,16)4(11)12/h4H,2-3H2,1H3. The summed E-state index contributed by atoms with van der Waals surface area (Å²) < 4.78 is 183. The third kappa shape index (κ3) is 3.35. The molecule has 0 aliphatic carbocycles. The van der Waals surface area contributed by atoms with Crippen LogP contribution in [0.3, 0.4) is 0 Å². The van der Waals surface area contributed by atoms with E-state index in [0.29, 0.717) is 7.11 Å². The van der Waals surface area contributed by atoms with Gasteiger partial charge in [-0.25, -0.2) is 8.78 Å². The van der Waals surface area contributed by atoms with Crippen LogP contribution in [-0.4, -0.2) is 55.7 Å². The Bertz CT molecular complexity index is 457. The first-order valence-corrected chi connectivity index (χ1v) is 5.79. The zero-order valence-electron chi connectivity index (χ0n) is 11.7. The van der Waals surface area contributed by atoms with E-state index in [4.69, 9.17) is 0 Å². The predicted octanol–water partition coefficient (Wildman–Crippen LogP) is 5.10. The molecule has 0 aliphatic heterocycles. The van der Waals surface area contributed by atoms with Crippen LogP contribution in [0, 0.1) is 0 Å². The Labute approximate surface area is 129 Å². The van der Waals surface area contributed by atoms with E-state index in [-0.39, 0.29) is 0 Å². The van der Waals surface area contributed by atoms with E-state index >= 15 is 0 Å². The lowest BCUT2D eigenvalue weighted by atomic mass is 9.90. The molecule has 0 radical (unpaired) electrons. The van der Waals surface area contributed by atoms with Gasteiger partial charge in [0.25, 0.3) is 0 Å². The fourth-order valence-electron chi connectivity index (χ4n) is 1.36. The highest BCUT2D eigenvalue weighted by molar-refractivity contribution is 5.12. The van der Waals surface area contributed by atoms with E-state index in [9.17, 15) is 61.5 Å². The lowest BCUT2D eigenvalue weighted by Gasteiger charge is -2.41. The van der Waals surface area contributed by atoms with Crippen molar-refractivity contribution in [1.82, 2.24) is 0 Å². The molecule has 0 aromatic rings. The molecule has 25 heavy (non-hydrogen) atoms. The van der Waals surface area contributed by atoms with Crippen LogP contribution in [0.5, 0.6) is 0 Å². The molecule has 0 aromatic heterocycles. The first-order valence-electron chi connectivity index (χ1n) is 5.79. The van der Waals surface area contributed by atoms with Gasteiger partial charge in [-0.1, -0.05) is 0 Å². The topological polar surface area (TPSA) is 9.23 Å². The summed E-state index contributed by atoms with van der Waals surface area (Å²) in [6, 6.07) is 0. The molecule has 152 valence electrons. The van der Waals surface area contributed by atoms with Gasteiger partial charge in [-0.2, -0.15) is 52.7 Å². The van der Waals surface area contributed by atoms with Gasteiger partial charge in [-0.15, -0.1) is 0 Å². The van der Waals surface area contributed by atoms with Crippen molar-refractivity contribution in [2.75, 3.05) is 13.7 Å². The summed E-state index contributed by atoms with van der Waals surface area (Å²) in [5.74, 6) is -44.3. The molecule has 0 aromatic carbocycles. The summed E-state index contributed by atoms with van der Waals surface area (Å²) in [5, 5.41) is 0. The van der Waals surface area contributed by atoms with Crippen LogP contribution in [0.4, 0.5) is 61.5 Å². The van der Waals surface area contributed by atoms with Crippen molar-refractivity contribution >= 4 is 0 Å². The number of halogens is 14. The molecule has 0 fully saturated rings. The van der Waals surface area contributed by atoms with E-state index in [1.807, 2.05) is 0 Å². The van der Waals surface area contributed by atoms with Gasteiger partial charge in [-0.05, 0) is 0 Å². The minimum absolute atomic E-state index is 0.596. The molecule has 0 saturated heterocycles. The van der Waals surface area contributed by atoms with Gasteiger partial charge >= 0.3 is 42.0 Å². The van der Waals surface area contributed by atoms with Crippen molar-refractivity contribution in [1.29, 1.82) is 0 Å². The van der Waals surface area contributed by atoms with E-state index in [1.54, 1.807) is 0 Å². The number of hydrogen-bond donors (Lipinski definition) is 0. The van der Waals surface area contributed by atoms with E-state index < -0.39 is 55.0 Å². The highest BCUT2D eigenvalue weighted by Crippen LogP contribution is 2.61. The van der Waals surface area contributed by atoms with Gasteiger partial charge in [0.2, 0.25) is 0 Å². The van der Waals surface area contributed by atoms with Crippen molar-refractivity contribution in [2.45, 2.75) is 48.4 Å². The Balaban J connectivity index is 6.20. The predicted molar refractivity (Wildman–Crippen MR) is 52.2 cm³/mol. The Morgan fingerprint density at radius 2 is 1.00 bits per heavy atom. The van der Waals surface area contributed by atoms with E-state index in [0.717, 1.165) is 0 Å².